The van der Waals surface area contributed by atoms with Crippen molar-refractivity contribution < 1.29 is 22.5 Å². The van der Waals surface area contributed by atoms with Crippen LogP contribution in [0.15, 0.2) is 24.3 Å². The lowest BCUT2D eigenvalue weighted by atomic mass is 10.1. The van der Waals surface area contributed by atoms with Crippen molar-refractivity contribution in [2.75, 3.05) is 13.1 Å². The number of rotatable bonds is 7. The van der Waals surface area contributed by atoms with Crippen LogP contribution in [0.1, 0.15) is 40.1 Å². The first-order valence-corrected chi connectivity index (χ1v) is 9.46. The van der Waals surface area contributed by atoms with E-state index < -0.39 is 28.0 Å². The smallest absolute Gasteiger partial charge is 0.192 e. The van der Waals surface area contributed by atoms with Gasteiger partial charge in [-0.25, -0.2) is 0 Å². The molecule has 0 aliphatic carbocycles. The fraction of sp³-hybridized carbons (Fsp3) is 0.625. The molecule has 0 radical (unpaired) electrons. The molecule has 0 bridgehead atoms. The average Bonchev–Trinajstić information content (AvgIpc) is 2.42. The summed E-state index contributed by atoms with van der Waals surface area (Å²) in [6.07, 6.45) is 0. The summed E-state index contributed by atoms with van der Waals surface area (Å²) in [5, 5.41) is 9.02. The van der Waals surface area contributed by atoms with Gasteiger partial charge in [0.25, 0.3) is 0 Å². The van der Waals surface area contributed by atoms with Gasteiger partial charge >= 0.3 is 0 Å². The van der Waals surface area contributed by atoms with E-state index in [2.05, 4.69) is 0 Å². The summed E-state index contributed by atoms with van der Waals surface area (Å²) in [5.41, 5.74) is 0.589. The van der Waals surface area contributed by atoms with E-state index in [4.69, 9.17) is 17.4 Å². The summed E-state index contributed by atoms with van der Waals surface area (Å²) in [6.45, 7) is 1.51. The topological polar surface area (TPSA) is 38.7 Å². The molecular formula is C16H28O3Si. The number of benzene rings is 1. The minimum absolute atomic E-state index is 0.0702. The van der Waals surface area contributed by atoms with Crippen molar-refractivity contribution in [3.05, 3.63) is 35.4 Å². The SMILES string of the molecule is [2H]C([2H])(O)c1ccc(COC([2H])([2H])C([2H])([2H])O[Si](C)(C)C(C)(C)C)cc1. The second-order valence-corrected chi connectivity index (χ2v) is 10.9. The van der Waals surface area contributed by atoms with Gasteiger partial charge in [0.1, 0.15) is 0 Å². The van der Waals surface area contributed by atoms with Crippen LogP contribution >= 0.6 is 0 Å². The molecule has 0 fully saturated rings. The highest BCUT2D eigenvalue weighted by Gasteiger charge is 2.36. The molecular weight excluding hydrogens is 268 g/mol. The normalized spacial score (nSPS) is 19.3. The highest BCUT2D eigenvalue weighted by atomic mass is 28.4. The lowest BCUT2D eigenvalue weighted by Gasteiger charge is -2.36. The van der Waals surface area contributed by atoms with E-state index in [0.29, 0.717) is 5.56 Å². The van der Waals surface area contributed by atoms with Crippen LogP contribution in [0.4, 0.5) is 0 Å². The Morgan fingerprint density at radius 2 is 1.65 bits per heavy atom. The second kappa shape index (κ2) is 7.36. The van der Waals surface area contributed by atoms with Crippen molar-refractivity contribution in [3.8, 4) is 0 Å². The van der Waals surface area contributed by atoms with Crippen LogP contribution in [0.2, 0.25) is 18.1 Å². The predicted octanol–water partition coefficient (Wildman–Crippen LogP) is 3.72. The molecule has 0 spiro atoms. The maximum absolute atomic E-state index is 9.30. The molecule has 4 heteroatoms. The van der Waals surface area contributed by atoms with Crippen LogP contribution in [0.25, 0.3) is 0 Å². The van der Waals surface area contributed by atoms with Crippen molar-refractivity contribution in [2.24, 2.45) is 0 Å². The van der Waals surface area contributed by atoms with Crippen molar-refractivity contribution >= 4 is 8.32 Å². The van der Waals surface area contributed by atoms with Gasteiger partial charge in [-0.15, -0.1) is 0 Å². The molecule has 0 amide bonds. The van der Waals surface area contributed by atoms with Gasteiger partial charge in [-0.3, -0.25) is 0 Å². The molecule has 0 aliphatic rings. The van der Waals surface area contributed by atoms with Crippen molar-refractivity contribution in [3.63, 3.8) is 0 Å². The summed E-state index contributed by atoms with van der Waals surface area (Å²) < 4.78 is 57.2. The van der Waals surface area contributed by atoms with Crippen molar-refractivity contribution in [2.45, 2.75) is 52.1 Å². The monoisotopic (exact) mass is 302 g/mol. The van der Waals surface area contributed by atoms with Gasteiger partial charge in [-0.2, -0.15) is 0 Å². The zero-order chi connectivity index (χ0) is 20.6. The van der Waals surface area contributed by atoms with E-state index in [1.54, 1.807) is 0 Å². The van der Waals surface area contributed by atoms with Crippen LogP contribution in [-0.4, -0.2) is 26.5 Å². The quantitative estimate of drug-likeness (QED) is 0.780. The molecule has 20 heavy (non-hydrogen) atoms. The number of hydrogen-bond donors (Lipinski definition) is 1. The maximum Gasteiger partial charge on any atom is 0.192 e. The molecule has 1 N–H and O–H groups in total. The first-order chi connectivity index (χ1) is 11.4. The Labute approximate surface area is 132 Å². The van der Waals surface area contributed by atoms with Crippen LogP contribution in [0.5, 0.6) is 0 Å². The third kappa shape index (κ3) is 5.36. The summed E-state index contributed by atoms with van der Waals surface area (Å²) in [5.74, 6) is 0. The third-order valence-corrected chi connectivity index (χ3v) is 7.77. The molecule has 0 aliphatic heterocycles. The first-order valence-electron chi connectivity index (χ1n) is 9.55. The lowest BCUT2D eigenvalue weighted by Crippen LogP contribution is -2.41. The van der Waals surface area contributed by atoms with E-state index in [0.717, 1.165) is 0 Å². The van der Waals surface area contributed by atoms with Crippen LogP contribution in [0.3, 0.4) is 0 Å². The van der Waals surface area contributed by atoms with E-state index in [-0.39, 0.29) is 17.2 Å². The molecule has 0 saturated carbocycles. The van der Waals surface area contributed by atoms with E-state index in [1.165, 1.54) is 24.3 Å². The Bertz CT molecular complexity index is 606. The molecule has 3 nitrogen and oxygen atoms in total. The molecule has 1 aromatic rings. The fourth-order valence-corrected chi connectivity index (χ4v) is 1.73. The highest BCUT2D eigenvalue weighted by Crippen LogP contribution is 2.36. The van der Waals surface area contributed by atoms with Gasteiger partial charge < -0.3 is 14.3 Å². The Balaban J connectivity index is 2.84. The number of hydrogen-bond acceptors (Lipinski definition) is 3. The highest BCUT2D eigenvalue weighted by molar-refractivity contribution is 6.74. The van der Waals surface area contributed by atoms with Crippen molar-refractivity contribution in [1.29, 1.82) is 0 Å². The van der Waals surface area contributed by atoms with E-state index in [9.17, 15) is 5.11 Å². The minimum atomic E-state index is -2.67. The summed E-state index contributed by atoms with van der Waals surface area (Å²) in [7, 11) is -2.55. The number of aliphatic hydroxyl groups is 1. The zero-order valence-corrected chi connectivity index (χ0v) is 13.8. The van der Waals surface area contributed by atoms with E-state index in [1.807, 2.05) is 33.9 Å². The minimum Gasteiger partial charge on any atom is -0.414 e. The molecule has 0 saturated heterocycles. The molecule has 0 unspecified atom stereocenters. The fourth-order valence-electron chi connectivity index (χ4n) is 1.13. The number of ether oxygens (including phenoxy) is 1. The largest absolute Gasteiger partial charge is 0.414 e. The standard InChI is InChI=1S/C16H28O3Si/c1-16(2,3)20(4,5)19-11-10-18-13-15-8-6-14(12-17)7-9-15/h6-9,17H,10-13H2,1-5H3/i10D2,11D2,12D2. The molecule has 114 valence electrons. The van der Waals surface area contributed by atoms with Gasteiger partial charge in [-0.05, 0) is 29.3 Å². The Morgan fingerprint density at radius 3 is 2.15 bits per heavy atom. The summed E-state index contributed by atoms with van der Waals surface area (Å²) in [4.78, 5) is 0. The predicted molar refractivity (Wildman–Crippen MR) is 85.2 cm³/mol. The van der Waals surface area contributed by atoms with Gasteiger partial charge in [0, 0.05) is 0 Å². The van der Waals surface area contributed by atoms with Gasteiger partial charge in [-0.1, -0.05) is 45.0 Å². The van der Waals surface area contributed by atoms with Gasteiger partial charge in [0.2, 0.25) is 0 Å². The summed E-state index contributed by atoms with van der Waals surface area (Å²) >= 11 is 0. The van der Waals surface area contributed by atoms with Crippen molar-refractivity contribution in [1.82, 2.24) is 0 Å². The van der Waals surface area contributed by atoms with Gasteiger partial charge in [0.05, 0.1) is 34.5 Å². The van der Waals surface area contributed by atoms with E-state index >= 15 is 0 Å². The Hall–Kier alpha value is -0.683. The molecule has 0 heterocycles. The third-order valence-electron chi connectivity index (χ3n) is 3.55. The summed E-state index contributed by atoms with van der Waals surface area (Å²) in [6, 6.07) is 5.72. The van der Waals surface area contributed by atoms with Gasteiger partial charge in [0.15, 0.2) is 8.32 Å². The van der Waals surface area contributed by atoms with Crippen LogP contribution < -0.4 is 0 Å². The molecule has 1 aromatic carbocycles. The lowest BCUT2D eigenvalue weighted by molar-refractivity contribution is 0.0845. The zero-order valence-electron chi connectivity index (χ0n) is 18.8. The molecule has 1 rings (SSSR count). The second-order valence-electron chi connectivity index (χ2n) is 6.16. The first kappa shape index (κ1) is 10.1. The molecule has 0 aromatic heterocycles. The Morgan fingerprint density at radius 1 is 1.10 bits per heavy atom. The van der Waals surface area contributed by atoms with Crippen LogP contribution in [0, 0.1) is 0 Å². The Kier molecular flexibility index (Phi) is 3.72. The molecule has 0 atom stereocenters. The van der Waals surface area contributed by atoms with Crippen LogP contribution in [-0.2, 0) is 22.3 Å². The average molecular weight is 303 g/mol. The maximum atomic E-state index is 9.30.